The van der Waals surface area contributed by atoms with Gasteiger partial charge in [0.15, 0.2) is 11.7 Å². The number of aryl methyl sites for hydroxylation is 1. The molecule has 0 aliphatic rings. The summed E-state index contributed by atoms with van der Waals surface area (Å²) in [6, 6.07) is 9.32. The Morgan fingerprint density at radius 3 is 2.59 bits per heavy atom. The second-order valence-corrected chi connectivity index (χ2v) is 6.07. The third-order valence-corrected chi connectivity index (χ3v) is 3.92. The van der Waals surface area contributed by atoms with Gasteiger partial charge in [0.05, 0.1) is 13.2 Å². The van der Waals surface area contributed by atoms with E-state index in [2.05, 4.69) is 15.6 Å². The van der Waals surface area contributed by atoms with E-state index in [9.17, 15) is 4.79 Å². The molecule has 0 spiro atoms. The molecule has 2 rings (SSSR count). The van der Waals surface area contributed by atoms with Crippen molar-refractivity contribution in [1.82, 2.24) is 10.6 Å². The highest BCUT2D eigenvalue weighted by molar-refractivity contribution is 14.0. The molecular weight excluding hydrogens is 487 g/mol. The van der Waals surface area contributed by atoms with Crippen LogP contribution in [0.1, 0.15) is 34.4 Å². The van der Waals surface area contributed by atoms with Gasteiger partial charge in [0.25, 0.3) is 5.91 Å². The van der Waals surface area contributed by atoms with Gasteiger partial charge in [-0.3, -0.25) is 9.79 Å². The predicted octanol–water partition coefficient (Wildman–Crippen LogP) is 2.59. The molecule has 8 nitrogen and oxygen atoms in total. The summed E-state index contributed by atoms with van der Waals surface area (Å²) in [5.74, 6) is 1.54. The minimum atomic E-state index is -0.593. The Bertz CT molecular complexity index is 808. The number of halogens is 1. The van der Waals surface area contributed by atoms with E-state index in [1.165, 1.54) is 0 Å². The van der Waals surface area contributed by atoms with Crippen LogP contribution in [0.15, 0.2) is 39.7 Å². The lowest BCUT2D eigenvalue weighted by molar-refractivity contribution is 0.0972. The van der Waals surface area contributed by atoms with Crippen molar-refractivity contribution in [2.45, 2.75) is 26.9 Å². The van der Waals surface area contributed by atoms with E-state index in [1.54, 1.807) is 19.2 Å². The first-order valence-corrected chi connectivity index (χ1v) is 9.16. The van der Waals surface area contributed by atoms with Crippen LogP contribution in [0.5, 0.6) is 5.75 Å². The highest BCUT2D eigenvalue weighted by Gasteiger charge is 2.09. The number of hydrogen-bond acceptors (Lipinski definition) is 5. The molecule has 29 heavy (non-hydrogen) atoms. The summed E-state index contributed by atoms with van der Waals surface area (Å²) in [5, 5.41) is 6.37. The Labute approximate surface area is 188 Å². The monoisotopic (exact) mass is 516 g/mol. The van der Waals surface area contributed by atoms with Gasteiger partial charge in [-0.1, -0.05) is 12.1 Å². The number of nitrogens with two attached hydrogens (primary N) is 1. The van der Waals surface area contributed by atoms with Crippen LogP contribution in [0.2, 0.25) is 0 Å². The number of carbonyl (C=O) groups excluding carboxylic acids is 1. The van der Waals surface area contributed by atoms with Crippen molar-refractivity contribution < 1.29 is 18.7 Å². The molecule has 0 aliphatic heterocycles. The van der Waals surface area contributed by atoms with E-state index in [4.69, 9.17) is 19.6 Å². The first kappa shape index (κ1) is 24.8. The molecule has 4 N–H and O–H groups in total. The third-order valence-electron chi connectivity index (χ3n) is 3.92. The van der Waals surface area contributed by atoms with Gasteiger partial charge in [-0.25, -0.2) is 0 Å². The lowest BCUT2D eigenvalue weighted by Crippen LogP contribution is -2.36. The summed E-state index contributed by atoms with van der Waals surface area (Å²) in [6.45, 7) is 6.61. The van der Waals surface area contributed by atoms with Crippen LogP contribution in [0.25, 0.3) is 0 Å². The van der Waals surface area contributed by atoms with Crippen molar-refractivity contribution in [3.63, 3.8) is 0 Å². The summed E-state index contributed by atoms with van der Waals surface area (Å²) in [7, 11) is 1.68. The number of furan rings is 1. The Morgan fingerprint density at radius 1 is 1.17 bits per heavy atom. The first-order chi connectivity index (χ1) is 13.5. The fourth-order valence-electron chi connectivity index (χ4n) is 2.47. The van der Waals surface area contributed by atoms with E-state index in [-0.39, 0.29) is 29.7 Å². The van der Waals surface area contributed by atoms with E-state index in [0.717, 1.165) is 16.9 Å². The normalized spacial score (nSPS) is 10.9. The fraction of sp³-hybridized carbons (Fsp3) is 0.400. The molecule has 0 radical (unpaired) electrons. The quantitative estimate of drug-likeness (QED) is 0.194. The molecule has 0 atom stereocenters. The van der Waals surface area contributed by atoms with E-state index >= 15 is 0 Å². The summed E-state index contributed by atoms with van der Waals surface area (Å²) in [5.41, 5.74) is 7.33. The molecule has 9 heteroatoms. The first-order valence-electron chi connectivity index (χ1n) is 9.16. The van der Waals surface area contributed by atoms with Crippen molar-refractivity contribution in [2.24, 2.45) is 10.7 Å². The summed E-state index contributed by atoms with van der Waals surface area (Å²) < 4.78 is 16.5. The summed E-state index contributed by atoms with van der Waals surface area (Å²) in [4.78, 5) is 15.3. The van der Waals surface area contributed by atoms with Crippen molar-refractivity contribution in [2.75, 3.05) is 26.9 Å². The van der Waals surface area contributed by atoms with Crippen LogP contribution in [-0.4, -0.2) is 38.7 Å². The molecule has 1 amide bonds. The second kappa shape index (κ2) is 13.0. The van der Waals surface area contributed by atoms with Crippen LogP contribution < -0.4 is 21.1 Å². The molecule has 2 aromatic rings. The lowest BCUT2D eigenvalue weighted by atomic mass is 10.1. The third kappa shape index (κ3) is 8.32. The molecule has 0 fully saturated rings. The standard InChI is InChI=1S/C20H28N4O4.HI/c1-4-26-9-10-27-18-11-14(2)5-6-15(18)12-23-20(22-3)24-13-16-7-8-17(28-16)19(21)25;/h5-8,11H,4,9-10,12-13H2,1-3H3,(H2,21,25)(H2,22,23,24);1H. The van der Waals surface area contributed by atoms with E-state index in [1.807, 2.05) is 32.0 Å². The van der Waals surface area contributed by atoms with Gasteiger partial charge in [0.2, 0.25) is 0 Å². The van der Waals surface area contributed by atoms with Crippen LogP contribution >= 0.6 is 24.0 Å². The number of ether oxygens (including phenoxy) is 2. The predicted molar refractivity (Wildman–Crippen MR) is 123 cm³/mol. The van der Waals surface area contributed by atoms with Gasteiger partial charge in [0, 0.05) is 25.8 Å². The minimum Gasteiger partial charge on any atom is -0.491 e. The second-order valence-electron chi connectivity index (χ2n) is 6.07. The van der Waals surface area contributed by atoms with Crippen molar-refractivity contribution in [3.05, 3.63) is 53.0 Å². The highest BCUT2D eigenvalue weighted by atomic mass is 127. The smallest absolute Gasteiger partial charge is 0.284 e. The Balaban J connectivity index is 0.00000420. The molecule has 0 saturated heterocycles. The summed E-state index contributed by atoms with van der Waals surface area (Å²) >= 11 is 0. The number of amides is 1. The largest absolute Gasteiger partial charge is 0.491 e. The average Bonchev–Trinajstić information content (AvgIpc) is 3.16. The number of guanidine groups is 1. The number of hydrogen-bond donors (Lipinski definition) is 3. The molecule has 160 valence electrons. The van der Waals surface area contributed by atoms with Crippen LogP contribution in [0, 0.1) is 6.92 Å². The number of benzene rings is 1. The zero-order valence-electron chi connectivity index (χ0n) is 17.0. The average molecular weight is 516 g/mol. The molecule has 1 aromatic carbocycles. The Kier molecular flexibility index (Phi) is 11.1. The Hall–Kier alpha value is -2.27. The molecule has 0 saturated carbocycles. The fourth-order valence-corrected chi connectivity index (χ4v) is 2.47. The van der Waals surface area contributed by atoms with Gasteiger partial charge in [0.1, 0.15) is 18.1 Å². The summed E-state index contributed by atoms with van der Waals surface area (Å²) in [6.07, 6.45) is 0. The van der Waals surface area contributed by atoms with Crippen LogP contribution in [0.4, 0.5) is 0 Å². The van der Waals surface area contributed by atoms with Gasteiger partial charge in [-0.15, -0.1) is 24.0 Å². The van der Waals surface area contributed by atoms with Gasteiger partial charge in [-0.2, -0.15) is 0 Å². The topological polar surface area (TPSA) is 111 Å². The molecular formula is C20H29IN4O4. The maximum Gasteiger partial charge on any atom is 0.284 e. The number of aliphatic imine (C=N–C) groups is 1. The molecule has 1 aromatic heterocycles. The number of primary amides is 1. The van der Waals surface area contributed by atoms with Gasteiger partial charge in [-0.05, 0) is 37.6 Å². The minimum absolute atomic E-state index is 0. The SMILES string of the molecule is CCOCCOc1cc(C)ccc1CNC(=NC)NCc1ccc(C(N)=O)o1.I. The molecule has 0 aliphatic carbocycles. The van der Waals surface area contributed by atoms with Gasteiger partial charge >= 0.3 is 0 Å². The van der Waals surface area contributed by atoms with Crippen molar-refractivity contribution in [1.29, 1.82) is 0 Å². The molecule has 0 bridgehead atoms. The van der Waals surface area contributed by atoms with E-state index in [0.29, 0.717) is 44.6 Å². The molecule has 0 unspecified atom stereocenters. The van der Waals surface area contributed by atoms with Crippen LogP contribution in [0.3, 0.4) is 0 Å². The molecule has 1 heterocycles. The maximum absolute atomic E-state index is 11.1. The van der Waals surface area contributed by atoms with E-state index < -0.39 is 5.91 Å². The van der Waals surface area contributed by atoms with Crippen molar-refractivity contribution in [3.8, 4) is 5.75 Å². The lowest BCUT2D eigenvalue weighted by Gasteiger charge is -2.15. The number of rotatable bonds is 10. The Morgan fingerprint density at radius 2 is 1.93 bits per heavy atom. The highest BCUT2D eigenvalue weighted by Crippen LogP contribution is 2.20. The van der Waals surface area contributed by atoms with Gasteiger partial charge < -0.3 is 30.3 Å². The number of carbonyl (C=O) groups is 1. The zero-order valence-corrected chi connectivity index (χ0v) is 19.3. The maximum atomic E-state index is 11.1. The zero-order chi connectivity index (χ0) is 20.4. The number of nitrogens with zero attached hydrogens (tertiary/aromatic N) is 1. The van der Waals surface area contributed by atoms with Crippen molar-refractivity contribution >= 4 is 35.8 Å². The number of nitrogens with one attached hydrogen (secondary N) is 2. The van der Waals surface area contributed by atoms with Crippen LogP contribution in [-0.2, 0) is 17.8 Å².